The van der Waals surface area contributed by atoms with Crippen LogP contribution in [-0.4, -0.2) is 49.4 Å². The van der Waals surface area contributed by atoms with Crippen LogP contribution < -0.4 is 5.32 Å². The van der Waals surface area contributed by atoms with Gasteiger partial charge in [-0.05, 0) is 18.1 Å². The quantitative estimate of drug-likeness (QED) is 0.421. The van der Waals surface area contributed by atoms with E-state index in [2.05, 4.69) is 5.32 Å². The van der Waals surface area contributed by atoms with Crippen molar-refractivity contribution in [1.29, 1.82) is 0 Å². The molecule has 1 aromatic carbocycles. The molecule has 6 heteroatoms. The van der Waals surface area contributed by atoms with Crippen LogP contribution >= 0.6 is 0 Å². The lowest BCUT2D eigenvalue weighted by Gasteiger charge is -2.24. The first kappa shape index (κ1) is 20.4. The van der Waals surface area contributed by atoms with Crippen LogP contribution in [0.1, 0.15) is 25.8 Å². The maximum atomic E-state index is 12.5. The number of benzene rings is 1. The third-order valence-corrected chi connectivity index (χ3v) is 3.61. The van der Waals surface area contributed by atoms with E-state index in [1.807, 2.05) is 30.3 Å². The number of esters is 1. The molecule has 1 aromatic rings. The van der Waals surface area contributed by atoms with Gasteiger partial charge in [0.05, 0.1) is 13.0 Å². The zero-order valence-corrected chi connectivity index (χ0v) is 15.0. The van der Waals surface area contributed by atoms with Crippen molar-refractivity contribution in [3.05, 3.63) is 42.0 Å². The molecule has 0 heterocycles. The summed E-state index contributed by atoms with van der Waals surface area (Å²) >= 11 is 0. The topological polar surface area (TPSA) is 75.7 Å². The summed E-state index contributed by atoms with van der Waals surface area (Å²) in [5, 5.41) is 2.70. The van der Waals surface area contributed by atoms with E-state index in [0.717, 1.165) is 5.56 Å². The number of hydrogen-bond acceptors (Lipinski definition) is 4. The number of rotatable bonds is 9. The molecule has 0 spiro atoms. The number of nitrogens with one attached hydrogen (secondary N) is 1. The molecule has 0 aliphatic heterocycles. The second-order valence-corrected chi connectivity index (χ2v) is 5.79. The highest BCUT2D eigenvalue weighted by molar-refractivity contribution is 5.92. The van der Waals surface area contributed by atoms with Crippen molar-refractivity contribution in [2.45, 2.75) is 20.3 Å². The lowest BCUT2D eigenvalue weighted by Crippen LogP contribution is -2.38. The molecule has 25 heavy (non-hydrogen) atoms. The summed E-state index contributed by atoms with van der Waals surface area (Å²) in [5.74, 6) is -1.06. The Kier molecular flexibility index (Phi) is 9.00. The molecule has 136 valence electrons. The van der Waals surface area contributed by atoms with Crippen LogP contribution in [0.25, 0.3) is 6.08 Å². The summed E-state index contributed by atoms with van der Waals surface area (Å²) in [4.78, 5) is 36.6. The van der Waals surface area contributed by atoms with Crippen molar-refractivity contribution in [1.82, 2.24) is 10.2 Å². The first-order valence-corrected chi connectivity index (χ1v) is 8.28. The molecule has 0 aromatic heterocycles. The predicted octanol–water partition coefficient (Wildman–Crippen LogP) is 1.86. The Morgan fingerprint density at radius 1 is 1.24 bits per heavy atom. The normalized spacial score (nSPS) is 11.8. The van der Waals surface area contributed by atoms with Gasteiger partial charge in [0.1, 0.15) is 0 Å². The minimum Gasteiger partial charge on any atom is -0.469 e. The fourth-order valence-corrected chi connectivity index (χ4v) is 2.27. The number of nitrogens with zero attached hydrogens (tertiary/aromatic N) is 1. The minimum atomic E-state index is -0.417. The molecule has 0 radical (unpaired) electrons. The van der Waals surface area contributed by atoms with Gasteiger partial charge in [-0.1, -0.05) is 37.3 Å². The van der Waals surface area contributed by atoms with E-state index in [-0.39, 0.29) is 24.3 Å². The smallest absolute Gasteiger partial charge is 0.310 e. The number of methoxy groups -OCH3 is 1. The van der Waals surface area contributed by atoms with E-state index in [4.69, 9.17) is 4.74 Å². The van der Waals surface area contributed by atoms with Gasteiger partial charge in [0.2, 0.25) is 11.8 Å². The molecule has 6 nitrogen and oxygen atoms in total. The van der Waals surface area contributed by atoms with Crippen molar-refractivity contribution in [3.8, 4) is 0 Å². The average Bonchev–Trinajstić information content (AvgIpc) is 2.61. The molecular formula is C19H26N2O4. The zero-order valence-electron chi connectivity index (χ0n) is 15.0. The van der Waals surface area contributed by atoms with Gasteiger partial charge in [-0.15, -0.1) is 0 Å². The molecule has 1 N–H and O–H groups in total. The summed E-state index contributed by atoms with van der Waals surface area (Å²) in [6.45, 7) is 4.37. The van der Waals surface area contributed by atoms with E-state index >= 15 is 0 Å². The maximum Gasteiger partial charge on any atom is 0.310 e. The molecular weight excluding hydrogens is 320 g/mol. The largest absolute Gasteiger partial charge is 0.469 e. The van der Waals surface area contributed by atoms with Gasteiger partial charge in [0, 0.05) is 32.6 Å². The second-order valence-electron chi connectivity index (χ2n) is 5.79. The molecule has 0 fully saturated rings. The Morgan fingerprint density at radius 2 is 1.92 bits per heavy atom. The van der Waals surface area contributed by atoms with Gasteiger partial charge in [0.15, 0.2) is 0 Å². The van der Waals surface area contributed by atoms with Gasteiger partial charge in [-0.25, -0.2) is 0 Å². The van der Waals surface area contributed by atoms with Crippen LogP contribution in [0.15, 0.2) is 36.4 Å². The fraction of sp³-hybridized carbons (Fsp3) is 0.421. The highest BCUT2D eigenvalue weighted by Gasteiger charge is 2.20. The highest BCUT2D eigenvalue weighted by atomic mass is 16.5. The number of carbonyl (C=O) groups excluding carboxylic acids is 3. The third kappa shape index (κ3) is 8.15. The van der Waals surface area contributed by atoms with Gasteiger partial charge >= 0.3 is 5.97 Å². The van der Waals surface area contributed by atoms with E-state index < -0.39 is 5.92 Å². The monoisotopic (exact) mass is 346 g/mol. The van der Waals surface area contributed by atoms with Gasteiger partial charge in [0.25, 0.3) is 0 Å². The standard InChI is InChI=1S/C19H26N2O4/c1-15(19(24)25-3)14-21(13-7-12-20-16(2)22)18(23)11-10-17-8-5-4-6-9-17/h4-6,8-11,15H,7,12-14H2,1-3H3,(H,20,22)/b11-10+. The lowest BCUT2D eigenvalue weighted by molar-refractivity contribution is -0.146. The van der Waals surface area contributed by atoms with E-state index in [9.17, 15) is 14.4 Å². The summed E-state index contributed by atoms with van der Waals surface area (Å²) in [6.07, 6.45) is 3.85. The number of ether oxygens (including phenoxy) is 1. The predicted molar refractivity (Wildman–Crippen MR) is 96.5 cm³/mol. The van der Waals surface area contributed by atoms with Crippen molar-refractivity contribution >= 4 is 23.9 Å². The first-order chi connectivity index (χ1) is 11.9. The van der Waals surface area contributed by atoms with Crippen LogP contribution in [-0.2, 0) is 19.1 Å². The summed E-state index contributed by atoms with van der Waals surface area (Å²) < 4.78 is 4.73. The maximum absolute atomic E-state index is 12.5. The van der Waals surface area contributed by atoms with Crippen LogP contribution in [0.4, 0.5) is 0 Å². The number of amides is 2. The Morgan fingerprint density at radius 3 is 2.52 bits per heavy atom. The third-order valence-electron chi connectivity index (χ3n) is 3.61. The SMILES string of the molecule is COC(=O)C(C)CN(CCCNC(C)=O)C(=O)/C=C/c1ccccc1. The minimum absolute atomic E-state index is 0.107. The Labute approximate surface area is 148 Å². The first-order valence-electron chi connectivity index (χ1n) is 8.28. The average molecular weight is 346 g/mol. The van der Waals surface area contributed by atoms with Crippen molar-refractivity contribution < 1.29 is 19.1 Å². The van der Waals surface area contributed by atoms with Crippen molar-refractivity contribution in [2.24, 2.45) is 5.92 Å². The van der Waals surface area contributed by atoms with Crippen molar-refractivity contribution in [2.75, 3.05) is 26.7 Å². The second kappa shape index (κ2) is 11.0. The van der Waals surface area contributed by atoms with Crippen LogP contribution in [0.3, 0.4) is 0 Å². The fourth-order valence-electron chi connectivity index (χ4n) is 2.27. The molecule has 0 saturated heterocycles. The van der Waals surface area contributed by atoms with Crippen LogP contribution in [0, 0.1) is 5.92 Å². The van der Waals surface area contributed by atoms with E-state index in [1.165, 1.54) is 20.1 Å². The zero-order chi connectivity index (χ0) is 18.7. The van der Waals surface area contributed by atoms with Crippen LogP contribution in [0.2, 0.25) is 0 Å². The van der Waals surface area contributed by atoms with Gasteiger partial charge < -0.3 is 15.0 Å². The molecule has 0 aliphatic rings. The Hall–Kier alpha value is -2.63. The van der Waals surface area contributed by atoms with Crippen molar-refractivity contribution in [3.63, 3.8) is 0 Å². The summed E-state index contributed by atoms with van der Waals surface area (Å²) in [5.41, 5.74) is 0.926. The van der Waals surface area contributed by atoms with Crippen LogP contribution in [0.5, 0.6) is 0 Å². The number of carbonyl (C=O) groups is 3. The summed E-state index contributed by atoms with van der Waals surface area (Å²) in [7, 11) is 1.33. The highest BCUT2D eigenvalue weighted by Crippen LogP contribution is 2.07. The molecule has 1 atom stereocenters. The van der Waals surface area contributed by atoms with E-state index in [0.29, 0.717) is 19.5 Å². The Balaban J connectivity index is 2.70. The molecule has 1 rings (SSSR count). The lowest BCUT2D eigenvalue weighted by atomic mass is 10.1. The molecule has 0 saturated carbocycles. The van der Waals surface area contributed by atoms with Gasteiger partial charge in [-0.2, -0.15) is 0 Å². The molecule has 1 unspecified atom stereocenters. The molecule has 0 bridgehead atoms. The molecule has 0 aliphatic carbocycles. The van der Waals surface area contributed by atoms with Gasteiger partial charge in [-0.3, -0.25) is 14.4 Å². The Bertz CT molecular complexity index is 599. The summed E-state index contributed by atoms with van der Waals surface area (Å²) in [6, 6.07) is 9.51. The number of hydrogen-bond donors (Lipinski definition) is 1. The van der Waals surface area contributed by atoms with E-state index in [1.54, 1.807) is 17.9 Å². The molecule has 2 amide bonds.